The number of thiazole rings is 1. The molecular formula is C12H13N3OS2. The predicted octanol–water partition coefficient (Wildman–Crippen LogP) is 2.05. The summed E-state index contributed by atoms with van der Waals surface area (Å²) in [6, 6.07) is 3.69. The van der Waals surface area contributed by atoms with Crippen molar-refractivity contribution >= 4 is 33.6 Å². The van der Waals surface area contributed by atoms with Crippen LogP contribution in [0.5, 0.6) is 0 Å². The van der Waals surface area contributed by atoms with E-state index in [2.05, 4.69) is 10.3 Å². The number of likely N-dealkylation sites (N-methyl/N-ethyl adjacent to an activating group) is 1. The smallest absolute Gasteiger partial charge is 0.250 e. The monoisotopic (exact) mass is 279 g/mol. The highest BCUT2D eigenvalue weighted by Gasteiger charge is 2.32. The second-order valence-electron chi connectivity index (χ2n) is 4.08. The lowest BCUT2D eigenvalue weighted by molar-refractivity contribution is -0.120. The van der Waals surface area contributed by atoms with E-state index >= 15 is 0 Å². The van der Waals surface area contributed by atoms with Crippen molar-refractivity contribution in [3.05, 3.63) is 33.6 Å². The summed E-state index contributed by atoms with van der Waals surface area (Å²) in [4.78, 5) is 19.9. The number of hydrogen-bond acceptors (Lipinski definition) is 5. The number of amides is 1. The van der Waals surface area contributed by atoms with Crippen molar-refractivity contribution in [2.24, 2.45) is 0 Å². The molecule has 2 aromatic rings. The zero-order valence-corrected chi connectivity index (χ0v) is 11.6. The number of nitrogens with one attached hydrogen (secondary N) is 1. The summed E-state index contributed by atoms with van der Waals surface area (Å²) in [5.74, 6) is 0.114. The van der Waals surface area contributed by atoms with Gasteiger partial charge in [-0.05, 0) is 24.6 Å². The Kier molecular flexibility index (Phi) is 3.15. The molecule has 0 aliphatic carbocycles. The number of hydrogen-bond donors (Lipinski definition) is 1. The van der Waals surface area contributed by atoms with Gasteiger partial charge in [0.2, 0.25) is 5.91 Å². The maximum atomic E-state index is 12.6. The fraction of sp³-hybridized carbons (Fsp3) is 0.333. The largest absolute Gasteiger partial charge is 0.305 e. The Morgan fingerprint density at radius 2 is 2.39 bits per heavy atom. The van der Waals surface area contributed by atoms with E-state index in [-0.39, 0.29) is 11.9 Å². The fourth-order valence-electron chi connectivity index (χ4n) is 2.19. The van der Waals surface area contributed by atoms with Crippen LogP contribution >= 0.6 is 22.7 Å². The maximum absolute atomic E-state index is 12.6. The maximum Gasteiger partial charge on any atom is 0.250 e. The molecule has 1 unspecified atom stereocenters. The van der Waals surface area contributed by atoms with Gasteiger partial charge in [-0.25, -0.2) is 4.98 Å². The molecule has 1 atom stereocenters. The Balaban J connectivity index is 1.99. The molecule has 2 aromatic heterocycles. The van der Waals surface area contributed by atoms with Crippen LogP contribution in [0, 0.1) is 0 Å². The molecule has 1 N–H and O–H groups in total. The molecule has 94 valence electrons. The minimum Gasteiger partial charge on any atom is -0.305 e. The zero-order chi connectivity index (χ0) is 12.5. The summed E-state index contributed by atoms with van der Waals surface area (Å²) in [5.41, 5.74) is 2.87. The molecule has 4 nitrogen and oxygen atoms in total. The molecule has 1 aliphatic rings. The predicted molar refractivity (Wildman–Crippen MR) is 74.3 cm³/mol. The van der Waals surface area contributed by atoms with Crippen molar-refractivity contribution in [2.75, 3.05) is 18.5 Å². The van der Waals surface area contributed by atoms with Crippen LogP contribution in [0.3, 0.4) is 0 Å². The molecule has 0 spiro atoms. The average molecular weight is 279 g/mol. The summed E-state index contributed by atoms with van der Waals surface area (Å²) in [5, 5.41) is 6.12. The Bertz CT molecular complexity index is 549. The third kappa shape index (κ3) is 1.86. The van der Waals surface area contributed by atoms with Crippen LogP contribution in [0.15, 0.2) is 23.0 Å². The summed E-state index contributed by atoms with van der Waals surface area (Å²) < 4.78 is 0. The van der Waals surface area contributed by atoms with Gasteiger partial charge in [0.05, 0.1) is 21.1 Å². The number of aromatic nitrogens is 1. The van der Waals surface area contributed by atoms with Crippen LogP contribution in [0.1, 0.15) is 16.6 Å². The highest BCUT2D eigenvalue weighted by Crippen LogP contribution is 2.31. The average Bonchev–Trinajstić information content (AvgIpc) is 3.01. The van der Waals surface area contributed by atoms with Crippen molar-refractivity contribution in [1.29, 1.82) is 0 Å². The molecule has 3 rings (SSSR count). The van der Waals surface area contributed by atoms with E-state index in [1.807, 2.05) is 35.0 Å². The van der Waals surface area contributed by atoms with E-state index in [9.17, 15) is 4.79 Å². The second-order valence-corrected chi connectivity index (χ2v) is 5.89. The first-order valence-corrected chi connectivity index (χ1v) is 7.51. The number of nitrogens with zero attached hydrogens (tertiary/aromatic N) is 2. The van der Waals surface area contributed by atoms with Crippen LogP contribution in [-0.4, -0.2) is 24.5 Å². The van der Waals surface area contributed by atoms with Gasteiger partial charge in [-0.3, -0.25) is 4.79 Å². The molecular weight excluding hydrogens is 266 g/mol. The van der Waals surface area contributed by atoms with Crippen molar-refractivity contribution in [1.82, 2.24) is 10.3 Å². The van der Waals surface area contributed by atoms with Crippen molar-refractivity contribution in [2.45, 2.75) is 12.5 Å². The zero-order valence-electron chi connectivity index (χ0n) is 9.92. The van der Waals surface area contributed by atoms with Crippen LogP contribution < -0.4 is 10.2 Å². The number of fused-ring (bicyclic) bond motifs is 1. The van der Waals surface area contributed by atoms with Gasteiger partial charge < -0.3 is 10.2 Å². The van der Waals surface area contributed by atoms with E-state index < -0.39 is 0 Å². The summed E-state index contributed by atoms with van der Waals surface area (Å²) >= 11 is 3.15. The Labute approximate surface area is 113 Å². The van der Waals surface area contributed by atoms with Crippen LogP contribution in [0.4, 0.5) is 5.00 Å². The van der Waals surface area contributed by atoms with E-state index in [1.165, 1.54) is 0 Å². The van der Waals surface area contributed by atoms with Crippen molar-refractivity contribution in [3.8, 4) is 0 Å². The summed E-state index contributed by atoms with van der Waals surface area (Å²) in [7, 11) is 1.82. The molecule has 0 bridgehead atoms. The van der Waals surface area contributed by atoms with Gasteiger partial charge in [-0.1, -0.05) is 0 Å². The lowest BCUT2D eigenvalue weighted by Gasteiger charge is -2.22. The molecule has 0 fully saturated rings. The van der Waals surface area contributed by atoms with E-state index in [0.29, 0.717) is 6.54 Å². The topological polar surface area (TPSA) is 45.2 Å². The molecule has 6 heteroatoms. The molecule has 1 amide bonds. The van der Waals surface area contributed by atoms with Gasteiger partial charge in [0.15, 0.2) is 0 Å². The normalized spacial score (nSPS) is 19.7. The number of thiophene rings is 1. The first-order chi connectivity index (χ1) is 8.81. The van der Waals surface area contributed by atoms with Crippen molar-refractivity contribution < 1.29 is 4.79 Å². The minimum atomic E-state index is -0.267. The van der Waals surface area contributed by atoms with Gasteiger partial charge in [0.25, 0.3) is 0 Å². The molecule has 0 radical (unpaired) electrons. The quantitative estimate of drug-likeness (QED) is 0.915. The molecule has 0 aromatic carbocycles. The third-order valence-corrected chi connectivity index (χ3v) is 4.91. The van der Waals surface area contributed by atoms with Gasteiger partial charge in [0.1, 0.15) is 6.04 Å². The van der Waals surface area contributed by atoms with Gasteiger partial charge in [-0.2, -0.15) is 0 Å². The first kappa shape index (κ1) is 11.8. The Hall–Kier alpha value is -1.24. The lowest BCUT2D eigenvalue weighted by atomic mass is 10.2. The number of carbonyl (C=O) groups excluding carboxylic acids is 1. The number of anilines is 1. The first-order valence-electron chi connectivity index (χ1n) is 5.75. The van der Waals surface area contributed by atoms with E-state index in [1.54, 1.807) is 22.7 Å². The molecule has 3 heterocycles. The second kappa shape index (κ2) is 4.79. The molecule has 0 saturated carbocycles. The summed E-state index contributed by atoms with van der Waals surface area (Å²) in [6.07, 6.45) is 0.820. The lowest BCUT2D eigenvalue weighted by Crippen LogP contribution is -2.38. The molecule has 18 heavy (non-hydrogen) atoms. The number of rotatable bonds is 2. The Morgan fingerprint density at radius 1 is 1.50 bits per heavy atom. The highest BCUT2D eigenvalue weighted by atomic mass is 32.1. The van der Waals surface area contributed by atoms with Crippen LogP contribution in [0.25, 0.3) is 0 Å². The Morgan fingerprint density at radius 3 is 3.11 bits per heavy atom. The van der Waals surface area contributed by atoms with Gasteiger partial charge >= 0.3 is 0 Å². The summed E-state index contributed by atoms with van der Waals surface area (Å²) in [6.45, 7) is 0.703. The van der Waals surface area contributed by atoms with Crippen LogP contribution in [0.2, 0.25) is 0 Å². The third-order valence-electron chi connectivity index (χ3n) is 3.08. The number of carbonyl (C=O) groups is 1. The van der Waals surface area contributed by atoms with Crippen molar-refractivity contribution in [3.63, 3.8) is 0 Å². The van der Waals surface area contributed by atoms with Crippen LogP contribution in [-0.2, 0) is 11.2 Å². The molecule has 0 saturated heterocycles. The van der Waals surface area contributed by atoms with Gasteiger partial charge in [0, 0.05) is 13.0 Å². The van der Waals surface area contributed by atoms with Gasteiger partial charge in [-0.15, -0.1) is 22.7 Å². The highest BCUT2D eigenvalue weighted by molar-refractivity contribution is 7.14. The fourth-order valence-corrected chi connectivity index (χ4v) is 3.89. The van der Waals surface area contributed by atoms with E-state index in [4.69, 9.17) is 0 Å². The SMILES string of the molecule is CNC1C(=O)N(c2cccs2)CCc2ncsc21. The standard InChI is InChI=1S/C12H13N3OS2/c1-13-10-11-8(14-7-18-11)4-5-15(12(10)16)9-3-2-6-17-9/h2-3,6-7,10,13H,4-5H2,1H3. The minimum absolute atomic E-state index is 0.114. The van der Waals surface area contributed by atoms with E-state index in [0.717, 1.165) is 22.0 Å². The molecule has 1 aliphatic heterocycles.